The monoisotopic (exact) mass is 506 g/mol. The lowest BCUT2D eigenvalue weighted by atomic mass is 9.82. The molecule has 2 N–H and O–H groups in total. The highest BCUT2D eigenvalue weighted by atomic mass is 127. The minimum Gasteiger partial charge on any atom is -0.487 e. The summed E-state index contributed by atoms with van der Waals surface area (Å²) in [6.45, 7) is 2.70. The second-order valence-electron chi connectivity index (χ2n) is 7.53. The van der Waals surface area contributed by atoms with Crippen molar-refractivity contribution in [1.29, 1.82) is 0 Å². The van der Waals surface area contributed by atoms with E-state index in [1.807, 2.05) is 38.2 Å². The Balaban J connectivity index is 0.00000261. The van der Waals surface area contributed by atoms with Crippen LogP contribution in [0, 0.1) is 0 Å². The van der Waals surface area contributed by atoms with Gasteiger partial charge in [-0.15, -0.1) is 24.0 Å². The number of nitrogens with one attached hydrogen (secondary N) is 2. The minimum absolute atomic E-state index is 0. The number of hydrogen-bond acceptors (Lipinski definition) is 3. The SMILES string of the molecule is CN=C(NCC(C)Oc1ccccc1Cl)NC1CC2CCCC(C1)N2C.I. The molecule has 2 aliphatic heterocycles. The Morgan fingerprint density at radius 1 is 1.30 bits per heavy atom. The van der Waals surface area contributed by atoms with Gasteiger partial charge >= 0.3 is 0 Å². The van der Waals surface area contributed by atoms with Gasteiger partial charge in [-0.05, 0) is 51.8 Å². The van der Waals surface area contributed by atoms with Crippen LogP contribution in [0.2, 0.25) is 5.02 Å². The van der Waals surface area contributed by atoms with Crippen LogP contribution in [0.25, 0.3) is 0 Å². The van der Waals surface area contributed by atoms with Crippen molar-refractivity contribution in [1.82, 2.24) is 15.5 Å². The summed E-state index contributed by atoms with van der Waals surface area (Å²) in [5.74, 6) is 1.57. The topological polar surface area (TPSA) is 48.9 Å². The molecule has 0 amide bonds. The molecule has 3 rings (SSSR count). The van der Waals surface area contributed by atoms with E-state index in [0.29, 0.717) is 29.7 Å². The number of piperidine rings is 2. The summed E-state index contributed by atoms with van der Waals surface area (Å²) in [6, 6.07) is 9.48. The van der Waals surface area contributed by atoms with Crippen molar-refractivity contribution in [3.8, 4) is 5.75 Å². The summed E-state index contributed by atoms with van der Waals surface area (Å²) >= 11 is 6.16. The van der Waals surface area contributed by atoms with Crippen LogP contribution >= 0.6 is 35.6 Å². The molecule has 0 radical (unpaired) electrons. The molecule has 2 heterocycles. The van der Waals surface area contributed by atoms with Crippen LogP contribution in [0.1, 0.15) is 39.0 Å². The van der Waals surface area contributed by atoms with Crippen LogP contribution < -0.4 is 15.4 Å². The summed E-state index contributed by atoms with van der Waals surface area (Å²) in [4.78, 5) is 6.97. The average Bonchev–Trinajstić information content (AvgIpc) is 2.61. The Morgan fingerprint density at radius 3 is 2.59 bits per heavy atom. The summed E-state index contributed by atoms with van der Waals surface area (Å²) in [5.41, 5.74) is 0. The van der Waals surface area contributed by atoms with Crippen LogP contribution in [0.15, 0.2) is 29.3 Å². The van der Waals surface area contributed by atoms with E-state index in [4.69, 9.17) is 16.3 Å². The average molecular weight is 507 g/mol. The first-order chi connectivity index (χ1) is 12.6. The summed E-state index contributed by atoms with van der Waals surface area (Å²) in [5, 5.41) is 7.64. The zero-order valence-electron chi connectivity index (χ0n) is 16.5. The Bertz CT molecular complexity index is 616. The van der Waals surface area contributed by atoms with E-state index in [-0.39, 0.29) is 30.1 Å². The maximum Gasteiger partial charge on any atom is 0.191 e. The van der Waals surface area contributed by atoms with Crippen molar-refractivity contribution in [2.75, 3.05) is 20.6 Å². The number of para-hydroxylation sites is 1. The van der Waals surface area contributed by atoms with E-state index in [9.17, 15) is 0 Å². The molecule has 2 saturated heterocycles. The van der Waals surface area contributed by atoms with Crippen LogP contribution in [0.4, 0.5) is 0 Å². The largest absolute Gasteiger partial charge is 0.487 e. The van der Waals surface area contributed by atoms with Crippen LogP contribution in [0.3, 0.4) is 0 Å². The summed E-state index contributed by atoms with van der Waals surface area (Å²) in [7, 11) is 4.11. The maximum atomic E-state index is 6.16. The van der Waals surface area contributed by atoms with Crippen LogP contribution in [-0.4, -0.2) is 55.7 Å². The highest BCUT2D eigenvalue weighted by molar-refractivity contribution is 14.0. The Labute approximate surface area is 185 Å². The number of ether oxygens (including phenoxy) is 1. The van der Waals surface area contributed by atoms with Gasteiger partial charge in [-0.25, -0.2) is 0 Å². The van der Waals surface area contributed by atoms with E-state index in [2.05, 4.69) is 27.6 Å². The highest BCUT2D eigenvalue weighted by Gasteiger charge is 2.36. The number of aliphatic imine (C=N–C) groups is 1. The fraction of sp³-hybridized carbons (Fsp3) is 0.650. The second kappa shape index (κ2) is 10.7. The smallest absolute Gasteiger partial charge is 0.191 e. The van der Waals surface area contributed by atoms with Crippen molar-refractivity contribution in [2.24, 2.45) is 4.99 Å². The molecule has 3 unspecified atom stereocenters. The molecule has 2 bridgehead atoms. The molecule has 0 saturated carbocycles. The van der Waals surface area contributed by atoms with Crippen LogP contribution in [-0.2, 0) is 0 Å². The third-order valence-corrected chi connectivity index (χ3v) is 5.94. The third kappa shape index (κ3) is 6.12. The van der Waals surface area contributed by atoms with Gasteiger partial charge < -0.3 is 20.3 Å². The van der Waals surface area contributed by atoms with Gasteiger partial charge in [-0.2, -0.15) is 0 Å². The lowest BCUT2D eigenvalue weighted by Gasteiger charge is -2.47. The molecule has 0 aliphatic carbocycles. The number of guanidine groups is 1. The highest BCUT2D eigenvalue weighted by Crippen LogP contribution is 2.32. The molecule has 2 aliphatic rings. The third-order valence-electron chi connectivity index (χ3n) is 5.63. The molecule has 152 valence electrons. The summed E-state index contributed by atoms with van der Waals surface area (Å²) in [6.07, 6.45) is 6.39. The molecule has 3 atom stereocenters. The first kappa shape index (κ1) is 22.6. The van der Waals surface area contributed by atoms with Gasteiger partial charge in [0.1, 0.15) is 11.9 Å². The number of hydrogen-bond donors (Lipinski definition) is 2. The van der Waals surface area contributed by atoms with Gasteiger partial charge in [0.15, 0.2) is 5.96 Å². The van der Waals surface area contributed by atoms with E-state index in [1.54, 1.807) is 0 Å². The Kier molecular flexibility index (Phi) is 8.95. The van der Waals surface area contributed by atoms with Gasteiger partial charge in [0.25, 0.3) is 0 Å². The number of benzene rings is 1. The van der Waals surface area contributed by atoms with E-state index >= 15 is 0 Å². The van der Waals surface area contributed by atoms with Crippen molar-refractivity contribution in [3.63, 3.8) is 0 Å². The van der Waals surface area contributed by atoms with Gasteiger partial charge in [-0.3, -0.25) is 4.99 Å². The first-order valence-corrected chi connectivity index (χ1v) is 10.0. The van der Waals surface area contributed by atoms with Crippen molar-refractivity contribution in [3.05, 3.63) is 29.3 Å². The van der Waals surface area contributed by atoms with Gasteiger partial charge in [0, 0.05) is 25.2 Å². The molecule has 7 heteroatoms. The zero-order chi connectivity index (χ0) is 18.5. The minimum atomic E-state index is -0.00896. The van der Waals surface area contributed by atoms with Gasteiger partial charge in [0.2, 0.25) is 0 Å². The van der Waals surface area contributed by atoms with Crippen molar-refractivity contribution >= 4 is 41.5 Å². The second-order valence-corrected chi connectivity index (χ2v) is 7.94. The molecule has 27 heavy (non-hydrogen) atoms. The van der Waals surface area contributed by atoms with Crippen LogP contribution in [0.5, 0.6) is 5.75 Å². The Hall–Kier alpha value is -0.730. The van der Waals surface area contributed by atoms with Crippen molar-refractivity contribution in [2.45, 2.75) is 63.3 Å². The fourth-order valence-electron chi connectivity index (χ4n) is 4.16. The molecule has 1 aromatic rings. The molecular weight excluding hydrogens is 475 g/mol. The van der Waals surface area contributed by atoms with E-state index in [0.717, 1.165) is 11.7 Å². The lowest BCUT2D eigenvalue weighted by Crippen LogP contribution is -2.57. The zero-order valence-corrected chi connectivity index (χ0v) is 19.5. The fourth-order valence-corrected chi connectivity index (χ4v) is 4.34. The number of halogens is 2. The standard InChI is InChI=1S/C20H31ClN4O.HI/c1-14(26-19-10-5-4-9-18(19)21)13-23-20(22-2)24-15-11-16-7-6-8-17(12-15)25(16)3;/h4-5,9-10,14-17H,6-8,11-13H2,1-3H3,(H2,22,23,24);1H. The predicted octanol–water partition coefficient (Wildman–Crippen LogP) is 3.91. The van der Waals surface area contributed by atoms with E-state index < -0.39 is 0 Å². The first-order valence-electron chi connectivity index (χ1n) is 9.67. The predicted molar refractivity (Wildman–Crippen MR) is 124 cm³/mol. The molecule has 0 aromatic heterocycles. The number of rotatable bonds is 5. The number of nitrogens with zero attached hydrogens (tertiary/aromatic N) is 2. The molecule has 5 nitrogen and oxygen atoms in total. The molecular formula is C20H32ClIN4O. The molecule has 2 fully saturated rings. The normalized spacial score (nSPS) is 26.7. The van der Waals surface area contributed by atoms with Gasteiger partial charge in [-0.1, -0.05) is 30.2 Å². The lowest BCUT2D eigenvalue weighted by molar-refractivity contribution is 0.0526. The molecule has 0 spiro atoms. The van der Waals surface area contributed by atoms with Gasteiger partial charge in [0.05, 0.1) is 11.6 Å². The molecule has 1 aromatic carbocycles. The maximum absolute atomic E-state index is 6.16. The Morgan fingerprint density at radius 2 is 1.96 bits per heavy atom. The number of fused-ring (bicyclic) bond motifs is 2. The summed E-state index contributed by atoms with van der Waals surface area (Å²) < 4.78 is 5.92. The van der Waals surface area contributed by atoms with E-state index in [1.165, 1.54) is 32.1 Å². The van der Waals surface area contributed by atoms with Crippen molar-refractivity contribution < 1.29 is 4.74 Å². The quantitative estimate of drug-likeness (QED) is 0.361.